The molecule has 4 aromatic rings. The van der Waals surface area contributed by atoms with E-state index in [0.29, 0.717) is 39.2 Å². The molecule has 126 valence electrons. The van der Waals surface area contributed by atoms with Gasteiger partial charge in [-0.2, -0.15) is 0 Å². The van der Waals surface area contributed by atoms with Gasteiger partial charge in [-0.05, 0) is 17.7 Å². The second kappa shape index (κ2) is 4.82. The highest BCUT2D eigenvalue weighted by Crippen LogP contribution is 2.43. The number of H-pyrrole nitrogens is 2. The number of hydrogen-bond donors (Lipinski definition) is 4. The van der Waals surface area contributed by atoms with Crippen molar-refractivity contribution in [3.05, 3.63) is 63.9 Å². The summed E-state index contributed by atoms with van der Waals surface area (Å²) in [6, 6.07) is 11.3. The zero-order chi connectivity index (χ0) is 18.0. The summed E-state index contributed by atoms with van der Waals surface area (Å²) in [5, 5.41) is 24.9. The van der Waals surface area contributed by atoms with Gasteiger partial charge in [-0.3, -0.25) is 19.8 Å². The van der Waals surface area contributed by atoms with Gasteiger partial charge in [-0.1, -0.05) is 30.3 Å². The molecule has 5 rings (SSSR count). The van der Waals surface area contributed by atoms with Crippen molar-refractivity contribution in [2.75, 3.05) is 0 Å². The highest BCUT2D eigenvalue weighted by atomic mass is 16.3. The fourth-order valence-corrected chi connectivity index (χ4v) is 3.48. The lowest BCUT2D eigenvalue weighted by Gasteiger charge is -2.10. The van der Waals surface area contributed by atoms with Crippen LogP contribution in [0.1, 0.15) is 15.9 Å². The maximum absolute atomic E-state index is 13.0. The number of carbonyl (C=O) groups is 1. The molecule has 0 atom stereocenters. The van der Waals surface area contributed by atoms with E-state index in [4.69, 9.17) is 0 Å². The number of nitrogens with one attached hydrogen (secondary N) is 2. The number of fused-ring (bicyclic) bond motifs is 4. The molecule has 0 bridgehead atoms. The Morgan fingerprint density at radius 2 is 1.62 bits per heavy atom. The van der Waals surface area contributed by atoms with Crippen LogP contribution in [-0.2, 0) is 0 Å². The molecule has 4 N–H and O–H groups in total. The van der Waals surface area contributed by atoms with E-state index in [1.165, 1.54) is 12.1 Å². The number of rotatable bonds is 1. The van der Waals surface area contributed by atoms with E-state index in [2.05, 4.69) is 15.2 Å². The number of benzene rings is 2. The van der Waals surface area contributed by atoms with E-state index < -0.39 is 5.56 Å². The molecular formula is C19H11N3O4. The molecule has 1 aliphatic rings. The summed E-state index contributed by atoms with van der Waals surface area (Å²) in [5.74, 6) is -0.849. The van der Waals surface area contributed by atoms with Gasteiger partial charge in [0.15, 0.2) is 22.9 Å². The first kappa shape index (κ1) is 14.5. The average molecular weight is 345 g/mol. The third-order valence-corrected chi connectivity index (χ3v) is 4.64. The molecule has 2 heterocycles. The van der Waals surface area contributed by atoms with Crippen LogP contribution in [-0.4, -0.2) is 31.2 Å². The summed E-state index contributed by atoms with van der Waals surface area (Å²) < 4.78 is 0. The Hall–Kier alpha value is -3.87. The Morgan fingerprint density at radius 3 is 2.38 bits per heavy atom. The van der Waals surface area contributed by atoms with Crippen molar-refractivity contribution in [2.45, 2.75) is 0 Å². The molecule has 26 heavy (non-hydrogen) atoms. The molecule has 7 heteroatoms. The molecule has 0 spiro atoms. The van der Waals surface area contributed by atoms with Crippen LogP contribution in [0.25, 0.3) is 33.4 Å². The van der Waals surface area contributed by atoms with Gasteiger partial charge >= 0.3 is 0 Å². The van der Waals surface area contributed by atoms with Gasteiger partial charge in [0, 0.05) is 16.7 Å². The van der Waals surface area contributed by atoms with Gasteiger partial charge in [0.25, 0.3) is 5.56 Å². The van der Waals surface area contributed by atoms with Crippen molar-refractivity contribution in [2.24, 2.45) is 0 Å². The number of ketones is 1. The standard InChI is InChI=1S/C19H11N3O4/c23-11-6-5-8(7-12(11)24)13-14-16(20-18-15(13)19(26)22-21-18)9-3-1-2-4-10(9)17(14)25/h1-7,23-24H,(H2,20,21,22,26). The minimum absolute atomic E-state index is 0.229. The van der Waals surface area contributed by atoms with Gasteiger partial charge in [0.05, 0.1) is 16.6 Å². The third kappa shape index (κ3) is 1.74. The first-order valence-electron chi connectivity index (χ1n) is 7.87. The molecule has 1 aliphatic carbocycles. The van der Waals surface area contributed by atoms with Crippen molar-refractivity contribution in [1.29, 1.82) is 0 Å². The fraction of sp³-hybridized carbons (Fsp3) is 0. The fourth-order valence-electron chi connectivity index (χ4n) is 3.48. The number of nitrogens with zero attached hydrogens (tertiary/aromatic N) is 1. The normalized spacial score (nSPS) is 12.4. The van der Waals surface area contributed by atoms with Gasteiger partial charge in [-0.15, -0.1) is 0 Å². The van der Waals surface area contributed by atoms with Crippen LogP contribution in [0.3, 0.4) is 0 Å². The van der Waals surface area contributed by atoms with Gasteiger partial charge < -0.3 is 10.2 Å². The lowest BCUT2D eigenvalue weighted by molar-refractivity contribution is 0.104. The third-order valence-electron chi connectivity index (χ3n) is 4.64. The number of aromatic amines is 2. The first-order valence-corrected chi connectivity index (χ1v) is 7.87. The number of hydrogen-bond acceptors (Lipinski definition) is 5. The molecule has 7 nitrogen and oxygen atoms in total. The van der Waals surface area contributed by atoms with E-state index in [-0.39, 0.29) is 22.7 Å². The van der Waals surface area contributed by atoms with Crippen molar-refractivity contribution < 1.29 is 15.0 Å². The SMILES string of the molecule is O=C1c2ccccc2-c2nc3[nH][nH]c(=O)c3c(-c3ccc(O)c(O)c3)c21. The molecule has 0 saturated carbocycles. The van der Waals surface area contributed by atoms with Gasteiger partial charge in [0.1, 0.15) is 0 Å². The smallest absolute Gasteiger partial charge is 0.274 e. The van der Waals surface area contributed by atoms with Crippen molar-refractivity contribution in [3.63, 3.8) is 0 Å². The zero-order valence-electron chi connectivity index (χ0n) is 13.2. The Labute approximate surface area is 145 Å². The van der Waals surface area contributed by atoms with E-state index in [0.717, 1.165) is 0 Å². The number of carbonyl (C=O) groups excluding carboxylic acids is 1. The Kier molecular flexibility index (Phi) is 2.68. The molecule has 2 aromatic heterocycles. The van der Waals surface area contributed by atoms with Crippen LogP contribution in [0.15, 0.2) is 47.3 Å². The number of phenols is 2. The Bertz CT molecular complexity index is 1300. The summed E-state index contributed by atoms with van der Waals surface area (Å²) in [4.78, 5) is 29.9. The highest BCUT2D eigenvalue weighted by Gasteiger charge is 2.33. The monoisotopic (exact) mass is 345 g/mol. The van der Waals surface area contributed by atoms with Crippen molar-refractivity contribution in [1.82, 2.24) is 15.2 Å². The molecule has 2 aromatic carbocycles. The predicted molar refractivity (Wildman–Crippen MR) is 94.3 cm³/mol. The number of phenolic OH excluding ortho intramolecular Hbond substituents is 2. The van der Waals surface area contributed by atoms with Crippen molar-refractivity contribution >= 4 is 16.8 Å². The maximum atomic E-state index is 13.0. The summed E-state index contributed by atoms with van der Waals surface area (Å²) in [7, 11) is 0. The summed E-state index contributed by atoms with van der Waals surface area (Å²) in [5.41, 5.74) is 2.73. The van der Waals surface area contributed by atoms with Crippen molar-refractivity contribution in [3.8, 4) is 33.9 Å². The van der Waals surface area contributed by atoms with Crippen LogP contribution in [0.5, 0.6) is 11.5 Å². The quantitative estimate of drug-likeness (QED) is 0.348. The van der Waals surface area contributed by atoms with Gasteiger partial charge in [0.2, 0.25) is 0 Å². The van der Waals surface area contributed by atoms with Gasteiger partial charge in [-0.25, -0.2) is 4.98 Å². The summed E-state index contributed by atoms with van der Waals surface area (Å²) in [6.45, 7) is 0. The molecule has 0 radical (unpaired) electrons. The second-order valence-corrected chi connectivity index (χ2v) is 6.09. The Balaban J connectivity index is 1.97. The van der Waals surface area contributed by atoms with Crippen LogP contribution < -0.4 is 5.56 Å². The minimum atomic E-state index is -0.415. The van der Waals surface area contributed by atoms with E-state index >= 15 is 0 Å². The molecular weight excluding hydrogens is 334 g/mol. The Morgan fingerprint density at radius 1 is 0.846 bits per heavy atom. The zero-order valence-corrected chi connectivity index (χ0v) is 13.2. The van der Waals surface area contributed by atoms with Crippen LogP contribution in [0.4, 0.5) is 0 Å². The number of aromatic hydroxyl groups is 2. The topological polar surface area (TPSA) is 119 Å². The maximum Gasteiger partial charge on any atom is 0.274 e. The molecule has 0 fully saturated rings. The average Bonchev–Trinajstić information content (AvgIpc) is 3.15. The molecule has 0 aliphatic heterocycles. The van der Waals surface area contributed by atoms with Crippen LogP contribution in [0.2, 0.25) is 0 Å². The number of pyridine rings is 1. The van der Waals surface area contributed by atoms with E-state index in [9.17, 15) is 19.8 Å². The molecule has 0 unspecified atom stereocenters. The molecule has 0 saturated heterocycles. The first-order chi connectivity index (χ1) is 12.6. The number of aromatic nitrogens is 3. The van der Waals surface area contributed by atoms with Crippen LogP contribution in [0, 0.1) is 0 Å². The van der Waals surface area contributed by atoms with E-state index in [1.807, 2.05) is 6.07 Å². The summed E-state index contributed by atoms with van der Waals surface area (Å²) in [6.07, 6.45) is 0. The van der Waals surface area contributed by atoms with Crippen LogP contribution >= 0.6 is 0 Å². The lowest BCUT2D eigenvalue weighted by Crippen LogP contribution is -2.05. The largest absolute Gasteiger partial charge is 0.504 e. The molecule has 0 amide bonds. The highest BCUT2D eigenvalue weighted by molar-refractivity contribution is 6.26. The minimum Gasteiger partial charge on any atom is -0.504 e. The lowest BCUT2D eigenvalue weighted by atomic mass is 9.95. The summed E-state index contributed by atoms with van der Waals surface area (Å²) >= 11 is 0. The second-order valence-electron chi connectivity index (χ2n) is 6.09. The van der Waals surface area contributed by atoms with E-state index in [1.54, 1.807) is 24.3 Å². The predicted octanol–water partition coefficient (Wildman–Crippen LogP) is 2.54.